The van der Waals surface area contributed by atoms with Crippen LogP contribution in [-0.2, 0) is 9.53 Å². The minimum absolute atomic E-state index is 0.253. The van der Waals surface area contributed by atoms with Gasteiger partial charge in [-0.15, -0.1) is 0 Å². The summed E-state index contributed by atoms with van der Waals surface area (Å²) in [7, 11) is 0. The van der Waals surface area contributed by atoms with Gasteiger partial charge in [-0.25, -0.2) is 0 Å². The highest BCUT2D eigenvalue weighted by atomic mass is 16.5. The van der Waals surface area contributed by atoms with Crippen molar-refractivity contribution in [3.8, 4) is 17.2 Å². The van der Waals surface area contributed by atoms with E-state index in [2.05, 4.69) is 6.07 Å². The molecule has 0 aliphatic carbocycles. The number of esters is 1. The molecular formula is C18H15NO3. The number of ether oxygens (including phenoxy) is 1. The number of nitriles is 1. The molecule has 0 saturated carbocycles. The molecule has 0 fully saturated rings. The van der Waals surface area contributed by atoms with Crippen LogP contribution in [0.25, 0.3) is 11.1 Å². The zero-order chi connectivity index (χ0) is 15.9. The lowest BCUT2D eigenvalue weighted by Crippen LogP contribution is -2.12. The van der Waals surface area contributed by atoms with E-state index in [1.807, 2.05) is 12.1 Å². The molecule has 0 aliphatic rings. The fourth-order valence-electron chi connectivity index (χ4n) is 2.14. The summed E-state index contributed by atoms with van der Waals surface area (Å²) in [6.07, 6.45) is -0.277. The molecule has 4 heteroatoms. The van der Waals surface area contributed by atoms with Gasteiger partial charge in [0, 0.05) is 5.56 Å². The molecule has 22 heavy (non-hydrogen) atoms. The SMILES string of the molecule is CCOC(=O)CC(=O)c1ccccc1-c1ccc(C#N)cc1. The Morgan fingerprint density at radius 2 is 1.77 bits per heavy atom. The maximum absolute atomic E-state index is 12.3. The summed E-state index contributed by atoms with van der Waals surface area (Å²) >= 11 is 0. The van der Waals surface area contributed by atoms with Gasteiger partial charge in [-0.3, -0.25) is 9.59 Å². The zero-order valence-electron chi connectivity index (χ0n) is 12.2. The van der Waals surface area contributed by atoms with Crippen molar-refractivity contribution >= 4 is 11.8 Å². The van der Waals surface area contributed by atoms with Crippen molar-refractivity contribution in [2.24, 2.45) is 0 Å². The van der Waals surface area contributed by atoms with Crippen molar-refractivity contribution in [3.63, 3.8) is 0 Å². The fourth-order valence-corrected chi connectivity index (χ4v) is 2.14. The molecule has 0 saturated heterocycles. The number of carbonyl (C=O) groups is 2. The lowest BCUT2D eigenvalue weighted by molar-refractivity contribution is -0.141. The second-order valence-corrected chi connectivity index (χ2v) is 4.64. The predicted octanol–water partition coefficient (Wildman–Crippen LogP) is 3.36. The first-order valence-corrected chi connectivity index (χ1v) is 6.94. The highest BCUT2D eigenvalue weighted by Gasteiger charge is 2.16. The van der Waals surface area contributed by atoms with Crippen molar-refractivity contribution in [2.45, 2.75) is 13.3 Å². The smallest absolute Gasteiger partial charge is 0.313 e. The summed E-state index contributed by atoms with van der Waals surface area (Å²) in [5.41, 5.74) is 2.59. The van der Waals surface area contributed by atoms with Gasteiger partial charge in [-0.2, -0.15) is 5.26 Å². The van der Waals surface area contributed by atoms with Crippen LogP contribution in [0.5, 0.6) is 0 Å². The topological polar surface area (TPSA) is 67.2 Å². The Morgan fingerprint density at radius 3 is 2.41 bits per heavy atom. The fraction of sp³-hybridized carbons (Fsp3) is 0.167. The van der Waals surface area contributed by atoms with Gasteiger partial charge in [-0.1, -0.05) is 36.4 Å². The molecule has 0 bridgehead atoms. The van der Waals surface area contributed by atoms with Gasteiger partial charge in [0.25, 0.3) is 0 Å². The number of hydrogen-bond acceptors (Lipinski definition) is 4. The van der Waals surface area contributed by atoms with Gasteiger partial charge in [-0.05, 0) is 30.2 Å². The minimum atomic E-state index is -0.526. The molecule has 0 spiro atoms. The van der Waals surface area contributed by atoms with Gasteiger partial charge in [0.15, 0.2) is 5.78 Å². The number of nitrogens with zero attached hydrogens (tertiary/aromatic N) is 1. The van der Waals surface area contributed by atoms with Gasteiger partial charge >= 0.3 is 5.97 Å². The van der Waals surface area contributed by atoms with Crippen LogP contribution < -0.4 is 0 Å². The van der Waals surface area contributed by atoms with Crippen LogP contribution in [0.2, 0.25) is 0 Å². The summed E-state index contributed by atoms with van der Waals surface area (Å²) in [6, 6.07) is 16.1. The third-order valence-electron chi connectivity index (χ3n) is 3.16. The average Bonchev–Trinajstić information content (AvgIpc) is 2.55. The van der Waals surface area contributed by atoms with Crippen molar-refractivity contribution in [1.29, 1.82) is 5.26 Å². The molecular weight excluding hydrogens is 278 g/mol. The van der Waals surface area contributed by atoms with Gasteiger partial charge in [0.1, 0.15) is 6.42 Å². The van der Waals surface area contributed by atoms with Crippen molar-refractivity contribution in [2.75, 3.05) is 6.61 Å². The molecule has 0 aromatic heterocycles. The van der Waals surface area contributed by atoms with Gasteiger partial charge < -0.3 is 4.74 Å². The highest BCUT2D eigenvalue weighted by Crippen LogP contribution is 2.25. The summed E-state index contributed by atoms with van der Waals surface area (Å²) in [5, 5.41) is 8.84. The van der Waals surface area contributed by atoms with E-state index in [0.29, 0.717) is 11.1 Å². The van der Waals surface area contributed by atoms with E-state index in [1.165, 1.54) is 0 Å². The second kappa shape index (κ2) is 7.19. The third-order valence-corrected chi connectivity index (χ3v) is 3.16. The van der Waals surface area contributed by atoms with Crippen LogP contribution in [-0.4, -0.2) is 18.4 Å². The van der Waals surface area contributed by atoms with Crippen LogP contribution in [0.3, 0.4) is 0 Å². The summed E-state index contributed by atoms with van der Waals surface area (Å²) in [6.45, 7) is 1.95. The Hall–Kier alpha value is -2.93. The van der Waals surface area contributed by atoms with Crippen LogP contribution in [0.4, 0.5) is 0 Å². The molecule has 2 aromatic carbocycles. The number of carbonyl (C=O) groups excluding carboxylic acids is 2. The summed E-state index contributed by atoms with van der Waals surface area (Å²) in [5.74, 6) is -0.805. The maximum Gasteiger partial charge on any atom is 0.313 e. The van der Waals surface area contributed by atoms with E-state index < -0.39 is 5.97 Å². The number of ketones is 1. The van der Waals surface area contributed by atoms with E-state index in [0.717, 1.165) is 11.1 Å². The van der Waals surface area contributed by atoms with Crippen LogP contribution in [0, 0.1) is 11.3 Å². The number of rotatable bonds is 5. The Balaban J connectivity index is 2.32. The largest absolute Gasteiger partial charge is 0.466 e. The molecule has 4 nitrogen and oxygen atoms in total. The first kappa shape index (κ1) is 15.5. The molecule has 0 aliphatic heterocycles. The van der Waals surface area contributed by atoms with E-state index in [-0.39, 0.29) is 18.8 Å². The van der Waals surface area contributed by atoms with E-state index in [9.17, 15) is 9.59 Å². The highest BCUT2D eigenvalue weighted by molar-refractivity contribution is 6.09. The number of Topliss-reactive ketones (excluding diaryl/α,β-unsaturated/α-hetero) is 1. The van der Waals surface area contributed by atoms with E-state index in [1.54, 1.807) is 43.3 Å². The van der Waals surface area contributed by atoms with Crippen molar-refractivity contribution in [1.82, 2.24) is 0 Å². The first-order valence-electron chi connectivity index (χ1n) is 6.94. The standard InChI is InChI=1S/C18H15NO3/c1-2-22-18(21)11-17(20)16-6-4-3-5-15(16)14-9-7-13(12-19)8-10-14/h3-10H,2,11H2,1H3. The Morgan fingerprint density at radius 1 is 1.09 bits per heavy atom. The van der Waals surface area contributed by atoms with E-state index >= 15 is 0 Å². The van der Waals surface area contributed by atoms with Crippen LogP contribution in [0.15, 0.2) is 48.5 Å². The zero-order valence-corrected chi connectivity index (χ0v) is 12.2. The Labute approximate surface area is 129 Å². The molecule has 2 rings (SSSR count). The molecule has 110 valence electrons. The van der Waals surface area contributed by atoms with Crippen LogP contribution in [0.1, 0.15) is 29.3 Å². The third kappa shape index (κ3) is 3.58. The Bertz CT molecular complexity index is 727. The molecule has 0 amide bonds. The molecule has 0 unspecified atom stereocenters. The summed E-state index contributed by atoms with van der Waals surface area (Å²) in [4.78, 5) is 23.8. The van der Waals surface area contributed by atoms with Gasteiger partial charge in [0.2, 0.25) is 0 Å². The lowest BCUT2D eigenvalue weighted by Gasteiger charge is -2.09. The van der Waals surface area contributed by atoms with Crippen molar-refractivity contribution in [3.05, 3.63) is 59.7 Å². The monoisotopic (exact) mass is 293 g/mol. The van der Waals surface area contributed by atoms with Crippen molar-refractivity contribution < 1.29 is 14.3 Å². The minimum Gasteiger partial charge on any atom is -0.466 e. The van der Waals surface area contributed by atoms with E-state index in [4.69, 9.17) is 10.00 Å². The predicted molar refractivity (Wildman–Crippen MR) is 82.2 cm³/mol. The number of benzene rings is 2. The molecule has 0 N–H and O–H groups in total. The van der Waals surface area contributed by atoms with Gasteiger partial charge in [0.05, 0.1) is 18.2 Å². The molecule has 2 aromatic rings. The normalized spacial score (nSPS) is 9.82. The molecule has 0 atom stereocenters. The molecule has 0 heterocycles. The van der Waals surface area contributed by atoms with Crippen LogP contribution >= 0.6 is 0 Å². The second-order valence-electron chi connectivity index (χ2n) is 4.64. The Kier molecular flexibility index (Phi) is 5.05. The quantitative estimate of drug-likeness (QED) is 0.481. The first-order chi connectivity index (χ1) is 10.7. The summed E-state index contributed by atoms with van der Waals surface area (Å²) < 4.78 is 4.81. The lowest BCUT2D eigenvalue weighted by atomic mass is 9.95. The molecule has 0 radical (unpaired) electrons. The maximum atomic E-state index is 12.3. The number of hydrogen-bond donors (Lipinski definition) is 0. The average molecular weight is 293 g/mol.